The summed E-state index contributed by atoms with van der Waals surface area (Å²) in [5.41, 5.74) is 0.746. The number of aromatic hydroxyl groups is 1. The second-order valence-electron chi connectivity index (χ2n) is 9.28. The largest absolute Gasteiger partial charge is 0.507 e. The normalized spacial score (nSPS) is 12.7. The van der Waals surface area contributed by atoms with E-state index in [1.54, 1.807) is 45.9 Å². The minimum absolute atomic E-state index is 0.0951. The summed E-state index contributed by atoms with van der Waals surface area (Å²) in [5.74, 6) is -1.44. The topological polar surface area (TPSA) is 128 Å². The molecule has 4 N–H and O–H groups in total. The maximum atomic E-state index is 13.5. The maximum absolute atomic E-state index is 13.5. The third-order valence-corrected chi connectivity index (χ3v) is 5.21. The fourth-order valence-electron chi connectivity index (χ4n) is 3.53. The Bertz CT molecular complexity index is 1060. The van der Waals surface area contributed by atoms with E-state index in [0.717, 1.165) is 10.5 Å². The molecule has 0 aliphatic carbocycles. The van der Waals surface area contributed by atoms with Crippen LogP contribution >= 0.6 is 0 Å². The van der Waals surface area contributed by atoms with E-state index in [2.05, 4.69) is 17.2 Å². The number of rotatable bonds is 10. The van der Waals surface area contributed by atoms with Crippen LogP contribution in [-0.2, 0) is 20.9 Å². The van der Waals surface area contributed by atoms with Crippen LogP contribution in [0.3, 0.4) is 0 Å². The number of nitrogens with one attached hydrogen (secondary N) is 2. The number of phenols is 1. The summed E-state index contributed by atoms with van der Waals surface area (Å²) in [6.07, 6.45) is 0.529. The fourth-order valence-corrected chi connectivity index (χ4v) is 3.53. The number of hydrogen-bond donors (Lipinski definition) is 4. The lowest BCUT2D eigenvalue weighted by Gasteiger charge is -2.33. The molecule has 2 aromatic carbocycles. The highest BCUT2D eigenvalue weighted by molar-refractivity contribution is 5.92. The van der Waals surface area contributed by atoms with Crippen LogP contribution in [0.1, 0.15) is 43.5 Å². The van der Waals surface area contributed by atoms with E-state index in [-0.39, 0.29) is 24.4 Å². The van der Waals surface area contributed by atoms with Crippen LogP contribution in [0.4, 0.5) is 4.79 Å². The van der Waals surface area contributed by atoms with Gasteiger partial charge in [0, 0.05) is 18.7 Å². The van der Waals surface area contributed by atoms with Crippen molar-refractivity contribution in [3.8, 4) is 5.75 Å². The molecule has 0 fully saturated rings. The average Bonchev–Trinajstić information content (AvgIpc) is 2.82. The van der Waals surface area contributed by atoms with Gasteiger partial charge in [-0.3, -0.25) is 9.59 Å². The number of phenolic OH excluding ortho intramolecular Hbond substituents is 1. The van der Waals surface area contributed by atoms with Crippen molar-refractivity contribution in [3.05, 3.63) is 77.9 Å². The van der Waals surface area contributed by atoms with Crippen LogP contribution in [0.2, 0.25) is 0 Å². The molecule has 0 saturated carbocycles. The Labute approximate surface area is 211 Å². The van der Waals surface area contributed by atoms with Gasteiger partial charge in [-0.1, -0.05) is 54.6 Å². The molecular formula is C27H35N3O6. The summed E-state index contributed by atoms with van der Waals surface area (Å²) in [7, 11) is 0. The SMILES string of the molecule is C=CCN(C(=O)C(CO)NC(=O)OC(C)(C)C)C(C(=O)NCc1ccccc1)c1cccc(C)c1O. The molecule has 0 bridgehead atoms. The molecule has 0 aliphatic heterocycles. The Balaban J connectivity index is 2.43. The molecule has 2 rings (SSSR count). The fraction of sp³-hybridized carbons (Fsp3) is 0.370. The van der Waals surface area contributed by atoms with Crippen molar-refractivity contribution in [1.29, 1.82) is 0 Å². The molecule has 0 aliphatic rings. The number of ether oxygens (including phenoxy) is 1. The molecule has 194 valence electrons. The van der Waals surface area contributed by atoms with Gasteiger partial charge in [-0.2, -0.15) is 0 Å². The van der Waals surface area contributed by atoms with E-state index < -0.39 is 42.2 Å². The minimum atomic E-state index is -1.39. The third-order valence-electron chi connectivity index (χ3n) is 5.21. The van der Waals surface area contributed by atoms with Gasteiger partial charge in [0.2, 0.25) is 11.8 Å². The summed E-state index contributed by atoms with van der Waals surface area (Å²) in [6, 6.07) is 11.5. The van der Waals surface area contributed by atoms with E-state index in [4.69, 9.17) is 4.74 Å². The van der Waals surface area contributed by atoms with E-state index >= 15 is 0 Å². The van der Waals surface area contributed by atoms with Gasteiger partial charge in [-0.25, -0.2) is 4.79 Å². The maximum Gasteiger partial charge on any atom is 0.408 e. The molecule has 0 spiro atoms. The highest BCUT2D eigenvalue weighted by atomic mass is 16.6. The number of amides is 3. The summed E-state index contributed by atoms with van der Waals surface area (Å²) in [4.78, 5) is 40.5. The molecule has 0 saturated heterocycles. The van der Waals surface area contributed by atoms with Gasteiger partial charge in [0.15, 0.2) is 0 Å². The summed E-state index contributed by atoms with van der Waals surface area (Å²) < 4.78 is 5.20. The zero-order valence-corrected chi connectivity index (χ0v) is 21.2. The van der Waals surface area contributed by atoms with Crippen molar-refractivity contribution in [3.63, 3.8) is 0 Å². The zero-order chi connectivity index (χ0) is 26.9. The van der Waals surface area contributed by atoms with Gasteiger partial charge < -0.3 is 30.5 Å². The number of alkyl carbamates (subject to hydrolysis) is 1. The second kappa shape index (κ2) is 12.7. The van der Waals surface area contributed by atoms with Crippen LogP contribution in [0.25, 0.3) is 0 Å². The highest BCUT2D eigenvalue weighted by Crippen LogP contribution is 2.32. The molecule has 2 aromatic rings. The second-order valence-corrected chi connectivity index (χ2v) is 9.28. The molecule has 2 atom stereocenters. The Kier molecular flexibility index (Phi) is 10.0. The van der Waals surface area contributed by atoms with Crippen molar-refractivity contribution in [2.75, 3.05) is 13.2 Å². The van der Waals surface area contributed by atoms with Gasteiger partial charge in [0.25, 0.3) is 0 Å². The van der Waals surface area contributed by atoms with Gasteiger partial charge in [-0.05, 0) is 38.8 Å². The Morgan fingerprint density at radius 2 is 1.78 bits per heavy atom. The number of hydrogen-bond acceptors (Lipinski definition) is 6. The quantitative estimate of drug-likeness (QED) is 0.374. The van der Waals surface area contributed by atoms with Crippen LogP contribution in [0.15, 0.2) is 61.2 Å². The predicted octanol–water partition coefficient (Wildman–Crippen LogP) is 2.96. The lowest BCUT2D eigenvalue weighted by molar-refractivity contribution is -0.142. The zero-order valence-electron chi connectivity index (χ0n) is 21.2. The molecular weight excluding hydrogens is 462 g/mol. The number of benzene rings is 2. The molecule has 0 radical (unpaired) electrons. The smallest absolute Gasteiger partial charge is 0.408 e. The molecule has 9 nitrogen and oxygen atoms in total. The lowest BCUT2D eigenvalue weighted by Crippen LogP contribution is -2.54. The van der Waals surface area contributed by atoms with Gasteiger partial charge in [0.1, 0.15) is 23.4 Å². The molecule has 0 aromatic heterocycles. The first kappa shape index (κ1) is 28.4. The minimum Gasteiger partial charge on any atom is -0.507 e. The molecule has 36 heavy (non-hydrogen) atoms. The Hall–Kier alpha value is -3.85. The van der Waals surface area contributed by atoms with Gasteiger partial charge >= 0.3 is 6.09 Å². The van der Waals surface area contributed by atoms with E-state index in [1.165, 1.54) is 6.08 Å². The number of carbonyl (C=O) groups is 3. The van der Waals surface area contributed by atoms with E-state index in [0.29, 0.717) is 5.56 Å². The summed E-state index contributed by atoms with van der Waals surface area (Å²) in [6.45, 7) is 9.73. The summed E-state index contributed by atoms with van der Waals surface area (Å²) in [5, 5.41) is 25.9. The highest BCUT2D eigenvalue weighted by Gasteiger charge is 2.37. The van der Waals surface area contributed by atoms with Gasteiger partial charge in [0.05, 0.1) is 6.61 Å². The van der Waals surface area contributed by atoms with Gasteiger partial charge in [-0.15, -0.1) is 6.58 Å². The average molecular weight is 498 g/mol. The molecule has 9 heteroatoms. The van der Waals surface area contributed by atoms with Crippen LogP contribution in [0.5, 0.6) is 5.75 Å². The van der Waals surface area contributed by atoms with E-state index in [1.807, 2.05) is 30.3 Å². The standard InChI is InChI=1S/C27H35N3O6/c1-6-15-30(25(34)21(17-31)29-26(35)36-27(3,4)5)22(20-14-10-11-18(2)23(20)32)24(33)28-16-19-12-8-7-9-13-19/h6-14,21-22,31-32H,1,15-17H2,2-5H3,(H,28,33)(H,29,35). The monoisotopic (exact) mass is 497 g/mol. The predicted molar refractivity (Wildman–Crippen MR) is 136 cm³/mol. The number of para-hydroxylation sites is 1. The Morgan fingerprint density at radius 1 is 1.11 bits per heavy atom. The van der Waals surface area contributed by atoms with Crippen molar-refractivity contribution in [1.82, 2.24) is 15.5 Å². The third kappa shape index (κ3) is 7.84. The van der Waals surface area contributed by atoms with Crippen LogP contribution in [0, 0.1) is 6.92 Å². The Morgan fingerprint density at radius 3 is 2.36 bits per heavy atom. The summed E-state index contributed by atoms with van der Waals surface area (Å²) >= 11 is 0. The number of aliphatic hydroxyl groups excluding tert-OH is 1. The van der Waals surface area contributed by atoms with Crippen molar-refractivity contribution < 1.29 is 29.3 Å². The molecule has 3 amide bonds. The first-order valence-electron chi connectivity index (χ1n) is 11.6. The van der Waals surface area contributed by atoms with E-state index in [9.17, 15) is 24.6 Å². The lowest BCUT2D eigenvalue weighted by atomic mass is 9.99. The number of nitrogens with zero attached hydrogens (tertiary/aromatic N) is 1. The number of carbonyl (C=O) groups excluding carboxylic acids is 3. The first-order valence-corrected chi connectivity index (χ1v) is 11.6. The van der Waals surface area contributed by atoms with Crippen LogP contribution < -0.4 is 10.6 Å². The van der Waals surface area contributed by atoms with Crippen molar-refractivity contribution in [2.24, 2.45) is 0 Å². The number of aliphatic hydroxyl groups is 1. The molecule has 0 heterocycles. The van der Waals surface area contributed by atoms with Crippen molar-refractivity contribution in [2.45, 2.75) is 51.9 Å². The first-order chi connectivity index (χ1) is 17.0. The van der Waals surface area contributed by atoms with Crippen LogP contribution in [-0.4, -0.2) is 57.8 Å². The molecule has 2 unspecified atom stereocenters. The van der Waals surface area contributed by atoms with Crippen molar-refractivity contribution >= 4 is 17.9 Å². The number of aryl methyl sites for hydroxylation is 1.